The molecule has 0 unspecified atom stereocenters. The van der Waals surface area contributed by atoms with Gasteiger partial charge in [-0.3, -0.25) is 20.3 Å². The summed E-state index contributed by atoms with van der Waals surface area (Å²) in [5, 5.41) is 15.3. The van der Waals surface area contributed by atoms with E-state index in [1.807, 2.05) is 0 Å². The minimum absolute atomic E-state index is 0.0334. The number of nitrogens with one attached hydrogen (secondary N) is 2. The number of hydrogen-bond acceptors (Lipinski definition) is 7. The van der Waals surface area contributed by atoms with Crippen LogP contribution in [0.3, 0.4) is 0 Å². The van der Waals surface area contributed by atoms with E-state index in [4.69, 9.17) is 4.74 Å². The number of ether oxygens (including phenoxy) is 1. The lowest BCUT2D eigenvalue weighted by molar-refractivity contribution is -0.384. The molecule has 0 heterocycles. The number of rotatable bonds is 8. The number of nitro benzene ring substituents is 1. The lowest BCUT2D eigenvalue weighted by Gasteiger charge is -2.12. The van der Waals surface area contributed by atoms with Gasteiger partial charge in [-0.1, -0.05) is 24.3 Å². The minimum Gasteiger partial charge on any atom is -0.495 e. The zero-order valence-corrected chi connectivity index (χ0v) is 17.0. The average molecular weight is 444 g/mol. The molecule has 31 heavy (non-hydrogen) atoms. The van der Waals surface area contributed by atoms with Gasteiger partial charge in [-0.05, 0) is 42.0 Å². The van der Waals surface area contributed by atoms with Crippen molar-refractivity contribution in [2.45, 2.75) is 4.90 Å². The number of nitro groups is 1. The zero-order valence-electron chi connectivity index (χ0n) is 16.2. The molecule has 160 valence electrons. The van der Waals surface area contributed by atoms with Crippen LogP contribution in [0.25, 0.3) is 0 Å². The quantitative estimate of drug-likeness (QED) is 0.308. The van der Waals surface area contributed by atoms with Gasteiger partial charge in [0.05, 0.1) is 28.8 Å². The summed E-state index contributed by atoms with van der Waals surface area (Å²) in [5.74, 6) is -0.155. The lowest BCUT2D eigenvalue weighted by atomic mass is 10.2. The van der Waals surface area contributed by atoms with Crippen LogP contribution < -0.4 is 14.9 Å². The van der Waals surface area contributed by atoms with Crippen molar-refractivity contribution in [2.75, 3.05) is 17.3 Å². The first-order chi connectivity index (χ1) is 14.8. The van der Waals surface area contributed by atoms with Gasteiger partial charge in [-0.25, -0.2) is 12.8 Å². The van der Waals surface area contributed by atoms with Gasteiger partial charge < -0.3 is 4.74 Å². The normalized spacial score (nSPS) is 11.3. The van der Waals surface area contributed by atoms with Crippen LogP contribution in [0.2, 0.25) is 0 Å². The fourth-order valence-corrected chi connectivity index (χ4v) is 3.71. The maximum Gasteiger partial charge on any atom is 0.295 e. The van der Waals surface area contributed by atoms with Crippen molar-refractivity contribution in [3.05, 3.63) is 88.2 Å². The number of nitrogens with zero attached hydrogens (tertiary/aromatic N) is 2. The van der Waals surface area contributed by atoms with Crippen LogP contribution in [0.5, 0.6) is 5.75 Å². The van der Waals surface area contributed by atoms with Crippen LogP contribution in [-0.2, 0) is 10.0 Å². The van der Waals surface area contributed by atoms with E-state index in [1.54, 1.807) is 24.3 Å². The first-order valence-electron chi connectivity index (χ1n) is 8.79. The Bertz CT molecular complexity index is 1250. The Morgan fingerprint density at radius 1 is 1.06 bits per heavy atom. The van der Waals surface area contributed by atoms with E-state index in [0.717, 1.165) is 6.07 Å². The van der Waals surface area contributed by atoms with E-state index < -0.39 is 26.5 Å². The lowest BCUT2D eigenvalue weighted by Crippen LogP contribution is -2.14. The second kappa shape index (κ2) is 9.22. The van der Waals surface area contributed by atoms with Crippen molar-refractivity contribution >= 4 is 33.3 Å². The molecule has 11 heteroatoms. The van der Waals surface area contributed by atoms with E-state index >= 15 is 0 Å². The number of sulfonamides is 1. The van der Waals surface area contributed by atoms with Crippen molar-refractivity contribution in [3.8, 4) is 5.75 Å². The van der Waals surface area contributed by atoms with E-state index in [2.05, 4.69) is 15.2 Å². The second-order valence-corrected chi connectivity index (χ2v) is 7.85. The first-order valence-corrected chi connectivity index (χ1v) is 10.3. The SMILES string of the molecule is COc1ccccc1NS(=O)(=O)c1ccc(N/N=C/c2cccc(F)c2)c([N+](=O)[O-])c1. The number of methoxy groups -OCH3 is 1. The molecule has 2 N–H and O–H groups in total. The molecule has 3 aromatic rings. The summed E-state index contributed by atoms with van der Waals surface area (Å²) in [6.45, 7) is 0. The van der Waals surface area contributed by atoms with Crippen molar-refractivity contribution < 1.29 is 22.5 Å². The van der Waals surface area contributed by atoms with Gasteiger partial charge in [-0.2, -0.15) is 5.10 Å². The molecule has 0 radical (unpaired) electrons. The van der Waals surface area contributed by atoms with Crippen LogP contribution in [0.1, 0.15) is 5.56 Å². The molecule has 0 atom stereocenters. The molecular weight excluding hydrogens is 427 g/mol. The highest BCUT2D eigenvalue weighted by Gasteiger charge is 2.22. The zero-order chi connectivity index (χ0) is 22.4. The highest BCUT2D eigenvalue weighted by molar-refractivity contribution is 7.92. The summed E-state index contributed by atoms with van der Waals surface area (Å²) in [6.07, 6.45) is 1.28. The van der Waals surface area contributed by atoms with Crippen molar-refractivity contribution in [3.63, 3.8) is 0 Å². The molecule has 0 spiro atoms. The summed E-state index contributed by atoms with van der Waals surface area (Å²) in [4.78, 5) is 10.4. The summed E-state index contributed by atoms with van der Waals surface area (Å²) in [6, 6.07) is 15.3. The third-order valence-corrected chi connectivity index (χ3v) is 5.44. The number of benzene rings is 3. The Morgan fingerprint density at radius 2 is 1.84 bits per heavy atom. The maximum absolute atomic E-state index is 13.2. The number of anilines is 2. The second-order valence-electron chi connectivity index (χ2n) is 6.17. The van der Waals surface area contributed by atoms with Gasteiger partial charge in [-0.15, -0.1) is 0 Å². The predicted molar refractivity (Wildman–Crippen MR) is 115 cm³/mol. The summed E-state index contributed by atoms with van der Waals surface area (Å²) in [7, 11) is -2.74. The molecule has 0 bridgehead atoms. The number of halogens is 1. The van der Waals surface area contributed by atoms with Crippen LogP contribution in [0.4, 0.5) is 21.5 Å². The third-order valence-electron chi connectivity index (χ3n) is 4.07. The highest BCUT2D eigenvalue weighted by Crippen LogP contribution is 2.30. The summed E-state index contributed by atoms with van der Waals surface area (Å²) in [5.41, 5.74) is 2.57. The molecule has 3 aromatic carbocycles. The predicted octanol–water partition coefficient (Wildman–Crippen LogP) is 3.99. The fraction of sp³-hybridized carbons (Fsp3) is 0.0500. The summed E-state index contributed by atoms with van der Waals surface area (Å²) < 4.78 is 46.1. The highest BCUT2D eigenvalue weighted by atomic mass is 32.2. The monoisotopic (exact) mass is 444 g/mol. The van der Waals surface area contributed by atoms with Crippen LogP contribution in [0.15, 0.2) is 76.7 Å². The smallest absolute Gasteiger partial charge is 0.295 e. The fourth-order valence-electron chi connectivity index (χ4n) is 2.62. The van der Waals surface area contributed by atoms with Crippen molar-refractivity contribution in [1.82, 2.24) is 0 Å². The van der Waals surface area contributed by atoms with Crippen molar-refractivity contribution in [2.24, 2.45) is 5.10 Å². The van der Waals surface area contributed by atoms with E-state index in [1.165, 1.54) is 49.7 Å². The molecule has 9 nitrogen and oxygen atoms in total. The molecule has 0 amide bonds. The standard InChI is InChI=1S/C20H17FN4O5S/c1-30-20-8-3-2-7-18(20)24-31(28,29)16-9-10-17(19(12-16)25(26)27)23-22-13-14-5-4-6-15(21)11-14/h2-13,23-24H,1H3/b22-13+. The molecule has 0 fully saturated rings. The Morgan fingerprint density at radius 3 is 2.55 bits per heavy atom. The number of hydrazone groups is 1. The molecule has 3 rings (SSSR count). The maximum atomic E-state index is 13.2. The molecule has 0 saturated heterocycles. The molecule has 0 aliphatic heterocycles. The number of hydrogen-bond donors (Lipinski definition) is 2. The Hall–Kier alpha value is -3.99. The Labute approximate surface area is 177 Å². The largest absolute Gasteiger partial charge is 0.495 e. The molecular formula is C20H17FN4O5S. The van der Waals surface area contributed by atoms with Gasteiger partial charge in [0.15, 0.2) is 0 Å². The van der Waals surface area contributed by atoms with Gasteiger partial charge in [0.25, 0.3) is 15.7 Å². The Kier molecular flexibility index (Phi) is 6.46. The minimum atomic E-state index is -4.13. The van der Waals surface area contributed by atoms with Crippen LogP contribution >= 0.6 is 0 Å². The van der Waals surface area contributed by atoms with Gasteiger partial charge >= 0.3 is 0 Å². The van der Waals surface area contributed by atoms with E-state index in [0.29, 0.717) is 11.3 Å². The Balaban J connectivity index is 1.86. The number of para-hydroxylation sites is 2. The third kappa shape index (κ3) is 5.34. The molecule has 0 saturated carbocycles. The topological polar surface area (TPSA) is 123 Å². The van der Waals surface area contributed by atoms with Crippen molar-refractivity contribution in [1.29, 1.82) is 0 Å². The summed E-state index contributed by atoms with van der Waals surface area (Å²) >= 11 is 0. The molecule has 0 aromatic heterocycles. The van der Waals surface area contributed by atoms with Crippen LogP contribution in [0, 0.1) is 15.9 Å². The van der Waals surface area contributed by atoms with Crippen LogP contribution in [-0.4, -0.2) is 26.7 Å². The first kappa shape index (κ1) is 21.7. The van der Waals surface area contributed by atoms with Gasteiger partial charge in [0.1, 0.15) is 17.3 Å². The van der Waals surface area contributed by atoms with Gasteiger partial charge in [0.2, 0.25) is 0 Å². The van der Waals surface area contributed by atoms with E-state index in [9.17, 15) is 22.9 Å². The molecule has 0 aliphatic carbocycles. The molecule has 0 aliphatic rings. The van der Waals surface area contributed by atoms with E-state index in [-0.39, 0.29) is 16.3 Å². The van der Waals surface area contributed by atoms with Gasteiger partial charge in [0, 0.05) is 6.07 Å². The average Bonchev–Trinajstić information content (AvgIpc) is 2.74.